The minimum atomic E-state index is -4.17. The molecule has 1 saturated heterocycles. The number of carbonyl (C=O) groups is 1. The number of hydrogen-bond acceptors (Lipinski definition) is 9. The summed E-state index contributed by atoms with van der Waals surface area (Å²) >= 11 is 0. The molecule has 1 fully saturated rings. The lowest BCUT2D eigenvalue weighted by Crippen LogP contribution is -2.44. The molecule has 5 aromatic rings. The Morgan fingerprint density at radius 2 is 1.63 bits per heavy atom. The zero-order valence-electron chi connectivity index (χ0n) is 27.2. The summed E-state index contributed by atoms with van der Waals surface area (Å²) in [7, 11) is -4.17. The first-order valence-electron chi connectivity index (χ1n) is 16.3. The second-order valence-corrected chi connectivity index (χ2v) is 14.0. The van der Waals surface area contributed by atoms with E-state index in [4.69, 9.17) is 9.47 Å². The van der Waals surface area contributed by atoms with Crippen LogP contribution in [0.1, 0.15) is 64.6 Å². The third kappa shape index (κ3) is 7.09. The van der Waals surface area contributed by atoms with E-state index < -0.39 is 22.2 Å². The SMILES string of the molecule is Cc1cccc(C)c1-c1cc2nc(n1)NS(=O)(=O)c1cccc(c1)C(=O)N1C[C@@H](CCCC[C@@H]1c1ncc(OCc3ccccc3)cn1)O2. The molecule has 2 aromatic heterocycles. The first-order valence-corrected chi connectivity index (χ1v) is 17.8. The van der Waals surface area contributed by atoms with Crippen molar-refractivity contribution in [1.29, 1.82) is 0 Å². The van der Waals surface area contributed by atoms with Crippen molar-refractivity contribution in [2.24, 2.45) is 0 Å². The summed E-state index contributed by atoms with van der Waals surface area (Å²) < 4.78 is 42.3. The highest BCUT2D eigenvalue weighted by molar-refractivity contribution is 7.92. The van der Waals surface area contributed by atoms with E-state index in [1.807, 2.05) is 62.4 Å². The number of aromatic nitrogens is 4. The number of nitrogens with one attached hydrogen (secondary N) is 1. The summed E-state index contributed by atoms with van der Waals surface area (Å²) in [5.74, 6) is 0.730. The molecule has 1 N–H and O–H groups in total. The minimum absolute atomic E-state index is 0.0857. The Morgan fingerprint density at radius 1 is 0.898 bits per heavy atom. The highest BCUT2D eigenvalue weighted by Gasteiger charge is 2.34. The largest absolute Gasteiger partial charge is 0.486 e. The van der Waals surface area contributed by atoms with E-state index in [0.717, 1.165) is 35.1 Å². The minimum Gasteiger partial charge on any atom is -0.486 e. The van der Waals surface area contributed by atoms with Crippen LogP contribution in [0.15, 0.2) is 96.2 Å². The third-order valence-corrected chi connectivity index (χ3v) is 10.2. The molecule has 0 spiro atoms. The Bertz CT molecular complexity index is 2070. The van der Waals surface area contributed by atoms with Crippen molar-refractivity contribution >= 4 is 21.9 Å². The maximum Gasteiger partial charge on any atom is 0.264 e. The first-order chi connectivity index (χ1) is 23.7. The molecular formula is C37H36N6O5S. The van der Waals surface area contributed by atoms with Crippen molar-refractivity contribution < 1.29 is 22.7 Å². The van der Waals surface area contributed by atoms with Gasteiger partial charge >= 0.3 is 0 Å². The number of hydrogen-bond donors (Lipinski definition) is 1. The highest BCUT2D eigenvalue weighted by Crippen LogP contribution is 2.34. The van der Waals surface area contributed by atoms with Crippen LogP contribution in [0.3, 0.4) is 0 Å². The summed E-state index contributed by atoms with van der Waals surface area (Å²) in [6, 6.07) is 23.0. The molecule has 2 aliphatic heterocycles. The molecule has 0 aliphatic carbocycles. The average Bonchev–Trinajstić information content (AvgIpc) is 3.09. The van der Waals surface area contributed by atoms with Crippen molar-refractivity contribution in [3.8, 4) is 22.9 Å². The molecule has 250 valence electrons. The van der Waals surface area contributed by atoms with Gasteiger partial charge < -0.3 is 14.4 Å². The Morgan fingerprint density at radius 3 is 2.41 bits per heavy atom. The third-order valence-electron chi connectivity index (χ3n) is 8.83. The van der Waals surface area contributed by atoms with E-state index >= 15 is 0 Å². The van der Waals surface area contributed by atoms with Crippen LogP contribution < -0.4 is 14.2 Å². The zero-order valence-corrected chi connectivity index (χ0v) is 28.1. The number of nitrogens with zero attached hydrogens (tertiary/aromatic N) is 5. The van der Waals surface area contributed by atoms with Gasteiger partial charge in [0, 0.05) is 17.2 Å². The molecule has 6 bridgehead atoms. The maximum atomic E-state index is 14.4. The molecule has 49 heavy (non-hydrogen) atoms. The zero-order chi connectivity index (χ0) is 34.0. The number of sulfonamides is 1. The fourth-order valence-corrected chi connectivity index (χ4v) is 7.39. The van der Waals surface area contributed by atoms with Crippen molar-refractivity contribution in [3.63, 3.8) is 0 Å². The predicted octanol–water partition coefficient (Wildman–Crippen LogP) is 6.45. The van der Waals surface area contributed by atoms with Crippen LogP contribution in [0.5, 0.6) is 11.6 Å². The molecule has 12 heteroatoms. The average molecular weight is 677 g/mol. The number of amides is 1. The molecule has 7 rings (SSSR count). The summed E-state index contributed by atoms with van der Waals surface area (Å²) in [6.45, 7) is 4.54. The Kier molecular flexibility index (Phi) is 8.96. The lowest BCUT2D eigenvalue weighted by molar-refractivity contribution is 0.0453. The number of aryl methyl sites for hydroxylation is 2. The van der Waals surface area contributed by atoms with Gasteiger partial charge in [-0.25, -0.2) is 28.1 Å². The quantitative estimate of drug-likeness (QED) is 0.223. The molecular weight excluding hydrogens is 641 g/mol. The van der Waals surface area contributed by atoms with Crippen LogP contribution in [0.25, 0.3) is 11.3 Å². The van der Waals surface area contributed by atoms with Crippen molar-refractivity contribution in [3.05, 3.63) is 119 Å². The van der Waals surface area contributed by atoms with Gasteiger partial charge in [0.15, 0.2) is 11.6 Å². The molecule has 3 aromatic carbocycles. The van der Waals surface area contributed by atoms with E-state index in [1.165, 1.54) is 12.1 Å². The van der Waals surface area contributed by atoms with Gasteiger partial charge in [-0.3, -0.25) is 4.79 Å². The Labute approximate surface area is 285 Å². The lowest BCUT2D eigenvalue weighted by atomic mass is 9.98. The fourth-order valence-electron chi connectivity index (χ4n) is 6.40. The fraction of sp³-hybridized carbons (Fsp3) is 0.270. The smallest absolute Gasteiger partial charge is 0.264 e. The predicted molar refractivity (Wildman–Crippen MR) is 184 cm³/mol. The van der Waals surface area contributed by atoms with Crippen LogP contribution in [0.4, 0.5) is 5.95 Å². The molecule has 0 radical (unpaired) electrons. The summed E-state index contributed by atoms with van der Waals surface area (Å²) in [4.78, 5) is 34.4. The highest BCUT2D eigenvalue weighted by atomic mass is 32.2. The number of fused-ring (bicyclic) bond motifs is 6. The second-order valence-electron chi connectivity index (χ2n) is 12.4. The molecule has 2 atom stereocenters. The van der Waals surface area contributed by atoms with Crippen LogP contribution in [0, 0.1) is 13.8 Å². The van der Waals surface area contributed by atoms with Gasteiger partial charge in [0.05, 0.1) is 35.6 Å². The van der Waals surface area contributed by atoms with E-state index in [2.05, 4.69) is 24.7 Å². The maximum absolute atomic E-state index is 14.4. The van der Waals surface area contributed by atoms with Crippen LogP contribution >= 0.6 is 0 Å². The Balaban J connectivity index is 1.27. The number of rotatable bonds is 5. The molecule has 4 heterocycles. The van der Waals surface area contributed by atoms with Gasteiger partial charge in [-0.05, 0) is 68.0 Å². The Hall–Kier alpha value is -5.36. The molecule has 0 unspecified atom stereocenters. The van der Waals surface area contributed by atoms with Gasteiger partial charge in [0.1, 0.15) is 12.7 Å². The van der Waals surface area contributed by atoms with Gasteiger partial charge in [0.25, 0.3) is 15.9 Å². The lowest BCUT2D eigenvalue weighted by Gasteiger charge is -2.36. The monoisotopic (exact) mass is 676 g/mol. The van der Waals surface area contributed by atoms with Crippen molar-refractivity contribution in [1.82, 2.24) is 24.8 Å². The van der Waals surface area contributed by atoms with E-state index in [-0.39, 0.29) is 34.7 Å². The summed E-state index contributed by atoms with van der Waals surface area (Å²) in [5.41, 5.74) is 4.59. The van der Waals surface area contributed by atoms with Crippen molar-refractivity contribution in [2.45, 2.75) is 63.2 Å². The van der Waals surface area contributed by atoms with Gasteiger partial charge in [-0.2, -0.15) is 4.98 Å². The normalized spacial score (nSPS) is 18.7. The molecule has 11 nitrogen and oxygen atoms in total. The van der Waals surface area contributed by atoms with Crippen molar-refractivity contribution in [2.75, 3.05) is 11.3 Å². The molecule has 2 aliphatic rings. The number of benzene rings is 3. The van der Waals surface area contributed by atoms with E-state index in [9.17, 15) is 13.2 Å². The van der Waals surface area contributed by atoms with Gasteiger partial charge in [-0.1, -0.05) is 61.0 Å². The van der Waals surface area contributed by atoms with E-state index in [1.54, 1.807) is 35.5 Å². The number of carbonyl (C=O) groups excluding carboxylic acids is 1. The van der Waals surface area contributed by atoms with Gasteiger partial charge in [-0.15, -0.1) is 0 Å². The first kappa shape index (κ1) is 32.2. The van der Waals surface area contributed by atoms with Crippen LogP contribution in [-0.2, 0) is 16.6 Å². The van der Waals surface area contributed by atoms with E-state index in [0.29, 0.717) is 36.7 Å². The van der Waals surface area contributed by atoms with Gasteiger partial charge in [0.2, 0.25) is 11.8 Å². The number of ether oxygens (including phenoxy) is 2. The topological polar surface area (TPSA) is 136 Å². The number of anilines is 1. The van der Waals surface area contributed by atoms with Crippen LogP contribution in [-0.4, -0.2) is 51.8 Å². The summed E-state index contributed by atoms with van der Waals surface area (Å²) in [5, 5.41) is 0. The molecule has 0 saturated carbocycles. The van der Waals surface area contributed by atoms with Crippen LogP contribution in [0.2, 0.25) is 0 Å². The second kappa shape index (κ2) is 13.6. The standard InChI is InChI=1S/C37H36N6O5S/c1-24-10-8-11-25(2)34(24)31-19-33-41-37(40-31)42-49(45,46)30-16-9-14-27(18-30)36(44)43-22-28(48-33)15-6-7-17-32(43)35-38-20-29(21-39-35)47-23-26-12-4-3-5-13-26/h3-5,8-14,16,18-21,28,32H,6-7,15,17,22-23H2,1-2H3,(H,40,41,42)/t28-,32-/m1/s1. The summed E-state index contributed by atoms with van der Waals surface area (Å²) in [6.07, 6.45) is 5.71. The molecule has 1 amide bonds.